The zero-order valence-corrected chi connectivity index (χ0v) is 17.4. The highest BCUT2D eigenvalue weighted by Gasteiger charge is 2.06. The highest BCUT2D eigenvalue weighted by Crippen LogP contribution is 2.16. The molecule has 7 nitrogen and oxygen atoms in total. The highest BCUT2D eigenvalue weighted by molar-refractivity contribution is 9.10. The van der Waals surface area contributed by atoms with E-state index in [1.807, 2.05) is 48.5 Å². The van der Waals surface area contributed by atoms with Crippen LogP contribution in [-0.2, 0) is 17.8 Å². The zero-order valence-electron chi connectivity index (χ0n) is 15.8. The van der Waals surface area contributed by atoms with Gasteiger partial charge in [-0.3, -0.25) is 14.9 Å². The molecular formula is C22H18BrN3O4. The number of hydrogen-bond acceptors (Lipinski definition) is 5. The van der Waals surface area contributed by atoms with Gasteiger partial charge in [0.25, 0.3) is 5.69 Å². The van der Waals surface area contributed by atoms with Crippen molar-refractivity contribution >= 4 is 33.7 Å². The van der Waals surface area contributed by atoms with Crippen molar-refractivity contribution in [1.29, 1.82) is 0 Å². The number of amides is 1. The highest BCUT2D eigenvalue weighted by atomic mass is 79.9. The van der Waals surface area contributed by atoms with Crippen LogP contribution in [0.4, 0.5) is 5.69 Å². The first-order valence-corrected chi connectivity index (χ1v) is 9.81. The zero-order chi connectivity index (χ0) is 21.3. The standard InChI is InChI=1S/C22H18BrN3O4/c23-19-8-4-17(5-9-19)15-30-21-3-1-2-18(12-21)14-24-25-22(27)13-16-6-10-20(11-7-16)26(28)29/h1-12,14H,13,15H2,(H,25,27)/b24-14-. The molecule has 1 amide bonds. The van der Waals surface area contributed by atoms with Gasteiger partial charge in [-0.2, -0.15) is 5.10 Å². The average Bonchev–Trinajstić information content (AvgIpc) is 2.74. The summed E-state index contributed by atoms with van der Waals surface area (Å²) in [7, 11) is 0. The minimum atomic E-state index is -0.481. The molecule has 0 radical (unpaired) electrons. The van der Waals surface area contributed by atoms with Crippen molar-refractivity contribution in [3.8, 4) is 5.75 Å². The summed E-state index contributed by atoms with van der Waals surface area (Å²) < 4.78 is 6.81. The molecule has 0 aliphatic heterocycles. The lowest BCUT2D eigenvalue weighted by Gasteiger charge is -2.07. The SMILES string of the molecule is O=C(Cc1ccc([N+](=O)[O-])cc1)N/N=C\c1cccc(OCc2ccc(Br)cc2)c1. The minimum absolute atomic E-state index is 0.0144. The lowest BCUT2D eigenvalue weighted by Crippen LogP contribution is -2.19. The molecule has 0 heterocycles. The van der Waals surface area contributed by atoms with Gasteiger partial charge in [-0.1, -0.05) is 52.3 Å². The van der Waals surface area contributed by atoms with Gasteiger partial charge < -0.3 is 4.74 Å². The van der Waals surface area contributed by atoms with Gasteiger partial charge >= 0.3 is 0 Å². The van der Waals surface area contributed by atoms with Crippen LogP contribution in [0.25, 0.3) is 0 Å². The Bertz CT molecular complexity index is 1050. The summed E-state index contributed by atoms with van der Waals surface area (Å²) in [5.74, 6) is 0.377. The van der Waals surface area contributed by atoms with E-state index in [2.05, 4.69) is 26.5 Å². The number of nitrogens with one attached hydrogen (secondary N) is 1. The number of benzene rings is 3. The smallest absolute Gasteiger partial charge is 0.269 e. The van der Waals surface area contributed by atoms with Crippen LogP contribution < -0.4 is 10.2 Å². The van der Waals surface area contributed by atoms with Crippen LogP contribution in [0.2, 0.25) is 0 Å². The fourth-order valence-corrected chi connectivity index (χ4v) is 2.84. The molecule has 0 aromatic heterocycles. The topological polar surface area (TPSA) is 93.8 Å². The third-order valence-corrected chi connectivity index (χ3v) is 4.62. The van der Waals surface area contributed by atoms with Crippen molar-refractivity contribution in [3.63, 3.8) is 0 Å². The first-order chi connectivity index (χ1) is 14.5. The predicted octanol–water partition coefficient (Wildman–Crippen LogP) is 4.63. The fourth-order valence-electron chi connectivity index (χ4n) is 2.57. The summed E-state index contributed by atoms with van der Waals surface area (Å²) in [5.41, 5.74) is 4.93. The second-order valence-electron chi connectivity index (χ2n) is 6.38. The molecule has 0 fully saturated rings. The van der Waals surface area contributed by atoms with Crippen LogP contribution in [0.15, 0.2) is 82.4 Å². The predicted molar refractivity (Wildman–Crippen MR) is 117 cm³/mol. The summed E-state index contributed by atoms with van der Waals surface area (Å²) in [6.07, 6.45) is 1.60. The number of hydrogen-bond donors (Lipinski definition) is 1. The number of non-ortho nitro benzene ring substituents is 1. The molecule has 3 aromatic rings. The maximum Gasteiger partial charge on any atom is 0.269 e. The average molecular weight is 468 g/mol. The molecular weight excluding hydrogens is 450 g/mol. The van der Waals surface area contributed by atoms with E-state index in [0.717, 1.165) is 15.6 Å². The number of nitro benzene ring substituents is 1. The van der Waals surface area contributed by atoms with Crippen molar-refractivity contribution < 1.29 is 14.5 Å². The molecule has 0 aliphatic rings. The quantitative estimate of drug-likeness (QED) is 0.296. The molecule has 0 spiro atoms. The molecule has 3 rings (SSSR count). The second-order valence-corrected chi connectivity index (χ2v) is 7.30. The molecule has 30 heavy (non-hydrogen) atoms. The van der Waals surface area contributed by atoms with Crippen molar-refractivity contribution in [2.24, 2.45) is 5.10 Å². The van der Waals surface area contributed by atoms with Gasteiger partial charge in [0.2, 0.25) is 5.91 Å². The van der Waals surface area contributed by atoms with Crippen LogP contribution in [0.3, 0.4) is 0 Å². The number of nitrogens with zero attached hydrogens (tertiary/aromatic N) is 2. The summed E-state index contributed by atoms with van der Waals surface area (Å²) in [5, 5.41) is 14.6. The van der Waals surface area contributed by atoms with E-state index in [1.54, 1.807) is 12.1 Å². The molecule has 0 atom stereocenters. The van der Waals surface area contributed by atoms with Crippen LogP contribution in [-0.4, -0.2) is 17.0 Å². The fraction of sp³-hybridized carbons (Fsp3) is 0.0909. The number of ether oxygens (including phenoxy) is 1. The van der Waals surface area contributed by atoms with Crippen molar-refractivity contribution in [1.82, 2.24) is 5.43 Å². The van der Waals surface area contributed by atoms with E-state index in [-0.39, 0.29) is 18.0 Å². The van der Waals surface area contributed by atoms with Crippen molar-refractivity contribution in [2.45, 2.75) is 13.0 Å². The Balaban J connectivity index is 1.50. The molecule has 152 valence electrons. The monoisotopic (exact) mass is 467 g/mol. The van der Waals surface area contributed by atoms with E-state index in [4.69, 9.17) is 4.74 Å². The lowest BCUT2D eigenvalue weighted by molar-refractivity contribution is -0.384. The first-order valence-electron chi connectivity index (χ1n) is 9.02. The summed E-state index contributed by atoms with van der Waals surface area (Å²) in [6, 6.07) is 21.1. The van der Waals surface area contributed by atoms with E-state index < -0.39 is 4.92 Å². The Morgan fingerprint density at radius 1 is 1.07 bits per heavy atom. The van der Waals surface area contributed by atoms with Gasteiger partial charge in [-0.15, -0.1) is 0 Å². The lowest BCUT2D eigenvalue weighted by atomic mass is 10.1. The largest absolute Gasteiger partial charge is 0.489 e. The molecule has 0 saturated carbocycles. The molecule has 3 aromatic carbocycles. The van der Waals surface area contributed by atoms with Crippen LogP contribution in [0, 0.1) is 10.1 Å². The van der Waals surface area contributed by atoms with E-state index in [9.17, 15) is 14.9 Å². The Labute approximate surface area is 181 Å². The number of carbonyl (C=O) groups is 1. The van der Waals surface area contributed by atoms with Gasteiger partial charge in [0.05, 0.1) is 17.6 Å². The Hall–Kier alpha value is -3.52. The summed E-state index contributed by atoms with van der Waals surface area (Å²) in [6.45, 7) is 0.444. The molecule has 0 saturated heterocycles. The van der Waals surface area contributed by atoms with E-state index >= 15 is 0 Å². The van der Waals surface area contributed by atoms with Crippen LogP contribution in [0.5, 0.6) is 5.75 Å². The number of halogens is 1. The number of hydrazone groups is 1. The molecule has 0 unspecified atom stereocenters. The first kappa shape index (κ1) is 21.2. The Morgan fingerprint density at radius 2 is 1.77 bits per heavy atom. The second kappa shape index (κ2) is 10.3. The Kier molecular flexibility index (Phi) is 7.29. The maximum absolute atomic E-state index is 12.0. The van der Waals surface area contributed by atoms with Gasteiger partial charge in [0.15, 0.2) is 0 Å². The number of rotatable bonds is 8. The van der Waals surface area contributed by atoms with Gasteiger partial charge in [-0.05, 0) is 41.0 Å². The molecule has 0 bridgehead atoms. The van der Waals surface area contributed by atoms with Gasteiger partial charge in [0, 0.05) is 16.6 Å². The van der Waals surface area contributed by atoms with Crippen molar-refractivity contribution in [2.75, 3.05) is 0 Å². The van der Waals surface area contributed by atoms with E-state index in [1.165, 1.54) is 18.3 Å². The van der Waals surface area contributed by atoms with Gasteiger partial charge in [-0.25, -0.2) is 5.43 Å². The number of nitro groups is 1. The van der Waals surface area contributed by atoms with Crippen molar-refractivity contribution in [3.05, 3.63) is 104 Å². The van der Waals surface area contributed by atoms with Crippen LogP contribution in [0.1, 0.15) is 16.7 Å². The third-order valence-electron chi connectivity index (χ3n) is 4.09. The Morgan fingerprint density at radius 3 is 2.47 bits per heavy atom. The summed E-state index contributed by atoms with van der Waals surface area (Å²) in [4.78, 5) is 22.2. The van der Waals surface area contributed by atoms with Crippen LogP contribution >= 0.6 is 15.9 Å². The molecule has 1 N–H and O–H groups in total. The molecule has 0 aliphatic carbocycles. The van der Waals surface area contributed by atoms with Gasteiger partial charge in [0.1, 0.15) is 12.4 Å². The summed E-state index contributed by atoms with van der Waals surface area (Å²) >= 11 is 3.40. The maximum atomic E-state index is 12.0. The number of carbonyl (C=O) groups excluding carboxylic acids is 1. The normalized spacial score (nSPS) is 10.7. The minimum Gasteiger partial charge on any atom is -0.489 e. The molecule has 8 heteroatoms. The third kappa shape index (κ3) is 6.52. The van der Waals surface area contributed by atoms with E-state index in [0.29, 0.717) is 17.9 Å².